The number of amides is 4. The van der Waals surface area contributed by atoms with E-state index >= 15 is 0 Å². The van der Waals surface area contributed by atoms with Crippen molar-refractivity contribution in [2.45, 2.75) is 91.0 Å². The molecule has 15 nitrogen and oxygen atoms in total. The molecule has 4 rings (SSSR count). The Morgan fingerprint density at radius 2 is 1.31 bits per heavy atom. The van der Waals surface area contributed by atoms with Gasteiger partial charge in [0.05, 0.1) is 33.5 Å². The second kappa shape index (κ2) is 23.0. The summed E-state index contributed by atoms with van der Waals surface area (Å²) in [6, 6.07) is 23.5. The van der Waals surface area contributed by atoms with Gasteiger partial charge in [-0.05, 0) is 58.7 Å². The lowest BCUT2D eigenvalue weighted by molar-refractivity contribution is -0.134. The molecule has 4 amide bonds. The van der Waals surface area contributed by atoms with Gasteiger partial charge < -0.3 is 50.4 Å². The molecule has 15 heteroatoms. The average molecular weight is 856 g/mol. The number of aliphatic hydroxyl groups excluding tert-OH is 1. The fourth-order valence-electron chi connectivity index (χ4n) is 6.66. The Labute approximate surface area is 363 Å². The van der Waals surface area contributed by atoms with E-state index in [4.69, 9.17) is 18.9 Å². The van der Waals surface area contributed by atoms with E-state index in [-0.39, 0.29) is 31.9 Å². The molecular weight excluding hydrogens is 795 g/mol. The van der Waals surface area contributed by atoms with E-state index in [0.29, 0.717) is 28.4 Å². The summed E-state index contributed by atoms with van der Waals surface area (Å²) in [5.41, 5.74) is 1.81. The minimum Gasteiger partial charge on any atom is -0.507 e. The third-order valence-electron chi connectivity index (χ3n) is 10.2. The zero-order chi connectivity index (χ0) is 45.4. The molecule has 0 saturated heterocycles. The summed E-state index contributed by atoms with van der Waals surface area (Å²) < 4.78 is 21.5. The molecule has 4 aromatic carbocycles. The van der Waals surface area contributed by atoms with Crippen LogP contribution in [0.1, 0.15) is 56.9 Å². The highest BCUT2D eigenvalue weighted by atomic mass is 16.5. The maximum absolute atomic E-state index is 14.5. The van der Waals surface area contributed by atoms with Crippen molar-refractivity contribution in [2.24, 2.45) is 11.3 Å². The van der Waals surface area contributed by atoms with E-state index in [2.05, 4.69) is 26.6 Å². The molecule has 0 aliphatic rings. The first-order chi connectivity index (χ1) is 29.5. The number of phenolic OH excluding ortho intramolecular Hbond substituents is 1. The number of ether oxygens (including phenoxy) is 4. The van der Waals surface area contributed by atoms with Gasteiger partial charge >= 0.3 is 6.09 Å². The fourth-order valence-corrected chi connectivity index (χ4v) is 6.66. The van der Waals surface area contributed by atoms with Crippen LogP contribution in [0.5, 0.6) is 23.0 Å². The highest BCUT2D eigenvalue weighted by Crippen LogP contribution is 2.28. The van der Waals surface area contributed by atoms with Crippen molar-refractivity contribution in [3.05, 3.63) is 119 Å². The molecule has 0 spiro atoms. The second-order valence-corrected chi connectivity index (χ2v) is 16.3. The zero-order valence-corrected chi connectivity index (χ0v) is 36.7. The maximum Gasteiger partial charge on any atom is 0.408 e. The van der Waals surface area contributed by atoms with Crippen LogP contribution in [0.15, 0.2) is 97.1 Å². The predicted octanol–water partition coefficient (Wildman–Crippen LogP) is 4.76. The summed E-state index contributed by atoms with van der Waals surface area (Å²) in [5, 5.41) is 37.3. The Hall–Kier alpha value is -6.32. The first-order valence-corrected chi connectivity index (χ1v) is 20.4. The van der Waals surface area contributed by atoms with Gasteiger partial charge in [-0.15, -0.1) is 0 Å². The lowest BCUT2D eigenvalue weighted by Crippen LogP contribution is -2.63. The molecule has 62 heavy (non-hydrogen) atoms. The van der Waals surface area contributed by atoms with Crippen LogP contribution >= 0.6 is 0 Å². The Balaban J connectivity index is 1.64. The third kappa shape index (κ3) is 14.1. The van der Waals surface area contributed by atoms with Gasteiger partial charge in [0.2, 0.25) is 17.7 Å². The van der Waals surface area contributed by atoms with Crippen LogP contribution < -0.4 is 40.8 Å². The van der Waals surface area contributed by atoms with Crippen LogP contribution in [0.25, 0.3) is 0 Å². The smallest absolute Gasteiger partial charge is 0.408 e. The van der Waals surface area contributed by atoms with Crippen molar-refractivity contribution in [1.29, 1.82) is 0 Å². The van der Waals surface area contributed by atoms with E-state index in [1.165, 1.54) is 27.4 Å². The molecule has 5 atom stereocenters. The quantitative estimate of drug-likeness (QED) is 0.0609. The Bertz CT molecular complexity index is 2080. The Kier molecular flexibility index (Phi) is 18.0. The van der Waals surface area contributed by atoms with Gasteiger partial charge in [-0.1, -0.05) is 101 Å². The SMILES string of the molecule is COc1ccc(CNC(=O)[C@@H](NC(=O)[C@H](NCc2ccc(OC)c(OC)c2)[C@@H](O)[C@H](Cc2ccccc2)NC(=O)[C@@H](NC(=O)OCc2ccccc2)C(C)(C)C)C(C)C)c(O)c1. The van der Waals surface area contributed by atoms with E-state index in [0.717, 1.165) is 11.1 Å². The van der Waals surface area contributed by atoms with Crippen molar-refractivity contribution < 1.29 is 48.3 Å². The van der Waals surface area contributed by atoms with Crippen molar-refractivity contribution in [2.75, 3.05) is 21.3 Å². The van der Waals surface area contributed by atoms with E-state index in [1.807, 2.05) is 60.7 Å². The van der Waals surface area contributed by atoms with Gasteiger partial charge in [-0.3, -0.25) is 19.7 Å². The molecule has 0 aliphatic carbocycles. The number of phenols is 1. The van der Waals surface area contributed by atoms with Gasteiger partial charge in [-0.2, -0.15) is 0 Å². The van der Waals surface area contributed by atoms with Gasteiger partial charge in [0, 0.05) is 24.7 Å². The van der Waals surface area contributed by atoms with Gasteiger partial charge in [0.25, 0.3) is 0 Å². The molecule has 0 heterocycles. The number of rotatable bonds is 21. The van der Waals surface area contributed by atoms with Crippen LogP contribution in [0, 0.1) is 11.3 Å². The molecule has 0 bridgehead atoms. The lowest BCUT2D eigenvalue weighted by Gasteiger charge is -2.35. The topological polar surface area (TPSA) is 206 Å². The van der Waals surface area contributed by atoms with E-state index in [1.54, 1.807) is 65.0 Å². The van der Waals surface area contributed by atoms with Crippen LogP contribution in [0.4, 0.5) is 4.79 Å². The van der Waals surface area contributed by atoms with Crippen molar-refractivity contribution in [3.8, 4) is 23.0 Å². The van der Waals surface area contributed by atoms with Gasteiger partial charge in [0.1, 0.15) is 36.2 Å². The van der Waals surface area contributed by atoms with Gasteiger partial charge in [0.15, 0.2) is 11.5 Å². The molecule has 0 saturated carbocycles. The fraction of sp³-hybridized carbons (Fsp3) is 0.404. The number of alkyl carbamates (subject to hydrolysis) is 1. The highest BCUT2D eigenvalue weighted by Gasteiger charge is 2.40. The lowest BCUT2D eigenvalue weighted by atomic mass is 9.85. The number of hydrogen-bond donors (Lipinski definition) is 7. The largest absolute Gasteiger partial charge is 0.507 e. The number of carbonyl (C=O) groups is 4. The molecule has 0 radical (unpaired) electrons. The van der Waals surface area contributed by atoms with Crippen LogP contribution in [0.2, 0.25) is 0 Å². The van der Waals surface area contributed by atoms with E-state index in [9.17, 15) is 29.4 Å². The average Bonchev–Trinajstić information content (AvgIpc) is 3.25. The molecule has 0 unspecified atom stereocenters. The Morgan fingerprint density at radius 3 is 1.89 bits per heavy atom. The van der Waals surface area contributed by atoms with Crippen molar-refractivity contribution in [3.63, 3.8) is 0 Å². The second-order valence-electron chi connectivity index (χ2n) is 16.3. The summed E-state index contributed by atoms with van der Waals surface area (Å²) in [5.74, 6) is -0.951. The normalized spacial score (nSPS) is 13.7. The summed E-state index contributed by atoms with van der Waals surface area (Å²) in [6.07, 6.45) is -2.32. The molecule has 0 fully saturated rings. The summed E-state index contributed by atoms with van der Waals surface area (Å²) in [7, 11) is 4.49. The number of benzene rings is 4. The molecule has 0 aliphatic heterocycles. The number of carbonyl (C=O) groups excluding carboxylic acids is 4. The molecule has 334 valence electrons. The van der Waals surface area contributed by atoms with Gasteiger partial charge in [-0.25, -0.2) is 4.79 Å². The number of aliphatic hydroxyl groups is 1. The third-order valence-corrected chi connectivity index (χ3v) is 10.2. The molecule has 0 aromatic heterocycles. The van der Waals surface area contributed by atoms with Crippen molar-refractivity contribution >= 4 is 23.8 Å². The molecular formula is C47H61N5O10. The van der Waals surface area contributed by atoms with Crippen LogP contribution in [-0.4, -0.2) is 85.6 Å². The number of aromatic hydroxyl groups is 1. The molecule has 7 N–H and O–H groups in total. The monoisotopic (exact) mass is 855 g/mol. The van der Waals surface area contributed by atoms with E-state index < -0.39 is 65.4 Å². The van der Waals surface area contributed by atoms with Crippen molar-refractivity contribution in [1.82, 2.24) is 26.6 Å². The maximum atomic E-state index is 14.5. The Morgan fingerprint density at radius 1 is 0.661 bits per heavy atom. The highest BCUT2D eigenvalue weighted by molar-refractivity contribution is 5.91. The summed E-state index contributed by atoms with van der Waals surface area (Å²) in [4.78, 5) is 55.6. The standard InChI is InChI=1S/C47H61N5O10/c1-29(2)39(43(55)49-27-33-20-21-34(59-6)25-36(33)53)51-44(56)40(48-26-32-19-22-37(60-7)38(24-32)61-8)41(54)35(23-30-15-11-9-12-16-30)50-45(57)42(47(3,4)5)52-46(58)62-28-31-17-13-10-14-18-31/h9-22,24-25,29,35,39-42,48,53-54H,23,26-28H2,1-8H3,(H,49,55)(H,50,57)(H,51,56)(H,52,58)/t35-,39-,40+,41-,42+/m0/s1. The minimum absolute atomic E-state index is 0.0115. The number of nitrogens with one attached hydrogen (secondary N) is 5. The first kappa shape index (κ1) is 48.3. The zero-order valence-electron chi connectivity index (χ0n) is 36.7. The minimum atomic E-state index is -1.60. The predicted molar refractivity (Wildman–Crippen MR) is 235 cm³/mol. The summed E-state index contributed by atoms with van der Waals surface area (Å²) >= 11 is 0. The summed E-state index contributed by atoms with van der Waals surface area (Å²) in [6.45, 7) is 8.88. The van der Waals surface area contributed by atoms with Crippen LogP contribution in [-0.2, 0) is 45.2 Å². The first-order valence-electron chi connectivity index (χ1n) is 20.4. The number of methoxy groups -OCH3 is 3. The molecule has 4 aromatic rings. The number of hydrogen-bond acceptors (Lipinski definition) is 11. The van der Waals surface area contributed by atoms with Crippen LogP contribution in [0.3, 0.4) is 0 Å².